The highest BCUT2D eigenvalue weighted by Gasteiger charge is 2.95. The molecule has 248 valence electrons. The Morgan fingerprint density at radius 1 is 0.674 bits per heavy atom. The Bertz CT molecular complexity index is 1170. The molecule has 21 heteroatoms. The Morgan fingerprint density at radius 2 is 1.05 bits per heavy atom. The summed E-state index contributed by atoms with van der Waals surface area (Å²) in [6.07, 6.45) is -10.5. The lowest BCUT2D eigenvalue weighted by Crippen LogP contribution is -2.74. The van der Waals surface area contributed by atoms with Crippen LogP contribution >= 0.6 is 22.6 Å². The van der Waals surface area contributed by atoms with E-state index in [9.17, 15) is 79.4 Å². The van der Waals surface area contributed by atoms with E-state index < -0.39 is 75.5 Å². The maximum Gasteiger partial charge on any atom is 0.460 e. The summed E-state index contributed by atoms with van der Waals surface area (Å²) in [5.74, 6) is -57.2. The largest absolute Gasteiger partial charge is 0.460 e. The number of hydrogen-bond acceptors (Lipinski definition) is 2. The van der Waals surface area contributed by atoms with Crippen molar-refractivity contribution >= 4 is 34.4 Å². The maximum absolute atomic E-state index is 14.4. The Kier molecular flexibility index (Phi) is 10.5. The molecule has 0 N–H and O–H groups in total. The molecule has 0 saturated heterocycles. The monoisotopic (exact) mass is 777 g/mol. The van der Waals surface area contributed by atoms with Gasteiger partial charge in [0.2, 0.25) is 0 Å². The summed E-state index contributed by atoms with van der Waals surface area (Å²) in [5, 5.41) is 0. The van der Waals surface area contributed by atoms with Gasteiger partial charge >= 0.3 is 53.7 Å². The van der Waals surface area contributed by atoms with Gasteiger partial charge in [-0.15, -0.1) is 0 Å². The van der Waals surface area contributed by atoms with E-state index in [1.54, 1.807) is 0 Å². The Labute approximate surface area is 244 Å². The van der Waals surface area contributed by atoms with Crippen LogP contribution in [-0.2, 0) is 4.74 Å². The van der Waals surface area contributed by atoms with E-state index in [1.807, 2.05) is 0 Å². The molecule has 0 bridgehead atoms. The number of hydrogen-bond donors (Lipinski definition) is 0. The number of amides is 1. The summed E-state index contributed by atoms with van der Waals surface area (Å²) in [6.45, 7) is 2.67. The quantitative estimate of drug-likeness (QED) is 0.175. The highest BCUT2D eigenvalue weighted by atomic mass is 127. The number of alkyl halides is 17. The van der Waals surface area contributed by atoms with Gasteiger partial charge in [0.1, 0.15) is 5.60 Å². The van der Waals surface area contributed by atoms with Crippen LogP contribution in [0.4, 0.5) is 85.1 Å². The van der Waals surface area contributed by atoms with Gasteiger partial charge in [-0.2, -0.15) is 74.6 Å². The zero-order valence-electron chi connectivity index (χ0n) is 21.2. The third kappa shape index (κ3) is 6.89. The fraction of sp³-hybridized carbons (Fsp3) is 0.591. The van der Waals surface area contributed by atoms with Gasteiger partial charge in [-0.25, -0.2) is 4.79 Å². The van der Waals surface area contributed by atoms with Crippen LogP contribution in [0.5, 0.6) is 0 Å². The molecule has 3 nitrogen and oxygen atoms in total. The average Bonchev–Trinajstić information content (AvgIpc) is 2.80. The van der Waals surface area contributed by atoms with Crippen LogP contribution in [0.2, 0.25) is 0 Å². The van der Waals surface area contributed by atoms with E-state index in [0.29, 0.717) is 27.5 Å². The molecule has 0 heterocycles. The van der Waals surface area contributed by atoms with Gasteiger partial charge in [-0.1, -0.05) is 18.2 Å². The van der Waals surface area contributed by atoms with Crippen molar-refractivity contribution in [2.45, 2.75) is 74.0 Å². The minimum atomic E-state index is -8.71. The van der Waals surface area contributed by atoms with Crippen LogP contribution in [0.25, 0.3) is 0 Å². The molecule has 0 unspecified atom stereocenters. The standard InChI is InChI=1S/C22H17F17INO2/c1-14(2,3)43-13(42)41(12-7-5-4-6-8-12)10-11(40)9-15(23,24)16(25,26)17(27,28)18(29,30)19(31,32)20(33,34)21(35,36)22(37,38)39/h4-9H,10H2,1-3H3/b11-9-. The van der Waals surface area contributed by atoms with Crippen LogP contribution in [0.15, 0.2) is 40.0 Å². The first-order valence-electron chi connectivity index (χ1n) is 10.9. The second kappa shape index (κ2) is 11.6. The lowest BCUT2D eigenvalue weighted by molar-refractivity contribution is -0.459. The van der Waals surface area contributed by atoms with E-state index in [1.165, 1.54) is 39.0 Å². The van der Waals surface area contributed by atoms with E-state index in [4.69, 9.17) is 4.74 Å². The summed E-state index contributed by atoms with van der Waals surface area (Å²) >= 11 is 0.690. The zero-order valence-corrected chi connectivity index (χ0v) is 23.4. The molecule has 0 aromatic heterocycles. The minimum Gasteiger partial charge on any atom is -0.443 e. The fourth-order valence-corrected chi connectivity index (χ4v) is 3.58. The predicted octanol–water partition coefficient (Wildman–Crippen LogP) is 9.76. The number of anilines is 1. The fourth-order valence-electron chi connectivity index (χ4n) is 2.85. The van der Waals surface area contributed by atoms with Gasteiger partial charge in [0, 0.05) is 15.3 Å². The van der Waals surface area contributed by atoms with Crippen molar-refractivity contribution in [2.75, 3.05) is 11.4 Å². The molecule has 1 aromatic carbocycles. The Balaban J connectivity index is 3.62. The molecule has 0 radical (unpaired) electrons. The van der Waals surface area contributed by atoms with Crippen LogP contribution in [0.1, 0.15) is 20.8 Å². The van der Waals surface area contributed by atoms with Gasteiger partial charge in [-0.05, 0) is 55.5 Å². The molecule has 0 aliphatic heterocycles. The summed E-state index contributed by atoms with van der Waals surface area (Å²) in [7, 11) is 0. The molecule has 1 aromatic rings. The van der Waals surface area contributed by atoms with Gasteiger partial charge in [0.15, 0.2) is 0 Å². The number of nitrogens with zero attached hydrogens (tertiary/aromatic N) is 1. The number of carbonyl (C=O) groups is 1. The second-order valence-corrected chi connectivity index (χ2v) is 10.9. The molecule has 1 amide bonds. The number of benzene rings is 1. The van der Waals surface area contributed by atoms with Crippen molar-refractivity contribution < 1.29 is 84.2 Å². The first kappa shape index (κ1) is 38.8. The molecule has 0 aliphatic carbocycles. The molecule has 0 saturated carbocycles. The molecule has 43 heavy (non-hydrogen) atoms. The van der Waals surface area contributed by atoms with E-state index in [0.717, 1.165) is 12.1 Å². The van der Waals surface area contributed by atoms with Crippen molar-refractivity contribution in [2.24, 2.45) is 0 Å². The number of para-hydroxylation sites is 1. The van der Waals surface area contributed by atoms with Crippen LogP contribution in [0, 0.1) is 0 Å². The minimum absolute atomic E-state index is 0.210. The lowest BCUT2D eigenvalue weighted by Gasteiger charge is -2.42. The molecule has 1 rings (SSSR count). The molecule has 0 aliphatic rings. The van der Waals surface area contributed by atoms with E-state index >= 15 is 0 Å². The number of rotatable bonds is 10. The van der Waals surface area contributed by atoms with Crippen molar-refractivity contribution in [3.8, 4) is 0 Å². The van der Waals surface area contributed by atoms with Crippen LogP contribution in [0.3, 0.4) is 0 Å². The number of carbonyl (C=O) groups excluding carboxylic acids is 1. The zero-order chi connectivity index (χ0) is 34.5. The molecular formula is C22H17F17INO2. The molecule has 0 fully saturated rings. The van der Waals surface area contributed by atoms with E-state index in [-0.39, 0.29) is 5.69 Å². The van der Waals surface area contributed by atoms with Crippen LogP contribution < -0.4 is 4.90 Å². The first-order chi connectivity index (χ1) is 18.7. The highest BCUT2D eigenvalue weighted by Crippen LogP contribution is 2.64. The van der Waals surface area contributed by atoms with Gasteiger partial charge in [0.25, 0.3) is 0 Å². The molecule has 0 atom stereocenters. The van der Waals surface area contributed by atoms with Crippen molar-refractivity contribution in [1.29, 1.82) is 0 Å². The van der Waals surface area contributed by atoms with Crippen LogP contribution in [-0.4, -0.2) is 65.9 Å². The predicted molar refractivity (Wildman–Crippen MR) is 123 cm³/mol. The molecular weight excluding hydrogens is 760 g/mol. The van der Waals surface area contributed by atoms with E-state index in [2.05, 4.69) is 0 Å². The maximum atomic E-state index is 14.4. The van der Waals surface area contributed by atoms with Crippen molar-refractivity contribution in [3.05, 3.63) is 40.0 Å². The van der Waals surface area contributed by atoms with Gasteiger partial charge in [-0.3, -0.25) is 4.90 Å². The third-order valence-electron chi connectivity index (χ3n) is 5.08. The van der Waals surface area contributed by atoms with Crippen molar-refractivity contribution in [1.82, 2.24) is 0 Å². The highest BCUT2D eigenvalue weighted by molar-refractivity contribution is 14.1. The SMILES string of the molecule is CC(C)(C)OC(=O)N(C/C(I)=C/C(F)(F)C(F)(F)C(F)(F)C(F)(F)C(F)(F)C(F)(F)C(F)(F)C(F)(F)F)c1ccccc1. The second-order valence-electron chi connectivity index (χ2n) is 9.56. The summed E-state index contributed by atoms with van der Waals surface area (Å²) in [5.41, 5.74) is -1.49. The number of allylic oxidation sites excluding steroid dienone is 1. The summed E-state index contributed by atoms with van der Waals surface area (Å²) in [6, 6.07) is 6.13. The van der Waals surface area contributed by atoms with Gasteiger partial charge < -0.3 is 4.74 Å². The van der Waals surface area contributed by atoms with Gasteiger partial charge in [0.05, 0.1) is 6.54 Å². The number of ether oxygens (including phenoxy) is 1. The first-order valence-corrected chi connectivity index (χ1v) is 11.9. The Hall–Kier alpha value is -2.23. The summed E-state index contributed by atoms with van der Waals surface area (Å²) in [4.78, 5) is 13.0. The number of halogens is 18. The van der Waals surface area contributed by atoms with Crippen molar-refractivity contribution in [3.63, 3.8) is 0 Å². The third-order valence-corrected chi connectivity index (χ3v) is 5.73. The lowest BCUT2D eigenvalue weighted by atomic mass is 9.89. The normalized spacial score (nSPS) is 15.4. The molecule has 0 spiro atoms. The average molecular weight is 777 g/mol. The topological polar surface area (TPSA) is 29.5 Å². The Morgan fingerprint density at radius 3 is 1.42 bits per heavy atom. The summed E-state index contributed by atoms with van der Waals surface area (Å²) < 4.78 is 233. The smallest absolute Gasteiger partial charge is 0.443 e.